The molecule has 0 fully saturated rings. The van der Waals surface area contributed by atoms with Gasteiger partial charge in [-0.2, -0.15) is 0 Å². The van der Waals surface area contributed by atoms with Crippen LogP contribution in [0, 0.1) is 0 Å². The van der Waals surface area contributed by atoms with Crippen LogP contribution in [0.15, 0.2) is 60.0 Å². The van der Waals surface area contributed by atoms with Gasteiger partial charge in [0.15, 0.2) is 0 Å². The molecule has 7 nitrogen and oxygen atoms in total. The number of aromatic nitrogens is 4. The first-order valence-electron chi connectivity index (χ1n) is 7.40. The lowest BCUT2D eigenvalue weighted by atomic mass is 10.0. The van der Waals surface area contributed by atoms with Crippen molar-refractivity contribution in [1.29, 1.82) is 0 Å². The maximum Gasteiger partial charge on any atom is 0.264 e. The molecule has 1 N–H and O–H groups in total. The van der Waals surface area contributed by atoms with Crippen LogP contribution in [-0.4, -0.2) is 28.2 Å². The summed E-state index contributed by atoms with van der Waals surface area (Å²) in [7, 11) is -3.75. The van der Waals surface area contributed by atoms with Gasteiger partial charge in [-0.3, -0.25) is 9.55 Å². The molecular formula is C16H17N5O2S. The van der Waals surface area contributed by atoms with Crippen LogP contribution >= 0.6 is 0 Å². The molecule has 0 aliphatic rings. The number of benzene rings is 1. The maximum atomic E-state index is 12.6. The first-order valence-corrected chi connectivity index (χ1v) is 8.89. The first-order chi connectivity index (χ1) is 11.5. The molecule has 0 aliphatic carbocycles. The van der Waals surface area contributed by atoms with Crippen molar-refractivity contribution in [2.24, 2.45) is 0 Å². The third-order valence-corrected chi connectivity index (χ3v) is 4.90. The number of nitrogens with zero attached hydrogens (tertiary/aromatic N) is 4. The quantitative estimate of drug-likeness (QED) is 0.769. The van der Waals surface area contributed by atoms with Gasteiger partial charge in [-0.05, 0) is 35.7 Å². The average Bonchev–Trinajstić information content (AvgIpc) is 3.03. The lowest BCUT2D eigenvalue weighted by Crippen LogP contribution is -2.16. The van der Waals surface area contributed by atoms with Crippen molar-refractivity contribution >= 4 is 16.0 Å². The highest BCUT2D eigenvalue weighted by molar-refractivity contribution is 7.92. The Morgan fingerprint density at radius 1 is 1.12 bits per heavy atom. The largest absolute Gasteiger partial charge is 0.266 e. The topological polar surface area (TPSA) is 89.8 Å². The van der Waals surface area contributed by atoms with E-state index in [9.17, 15) is 8.42 Å². The second kappa shape index (κ2) is 6.40. The van der Waals surface area contributed by atoms with Crippen molar-refractivity contribution in [2.45, 2.75) is 24.7 Å². The van der Waals surface area contributed by atoms with Crippen LogP contribution in [0.1, 0.15) is 25.3 Å². The Hall–Kier alpha value is -2.74. The SMILES string of the molecule is CC(C)c1ccc(S(=O)(=O)Nc2nncn2-c2cccnc2)cc1. The molecule has 2 aromatic heterocycles. The fraction of sp³-hybridized carbons (Fsp3) is 0.188. The van der Waals surface area contributed by atoms with E-state index in [-0.39, 0.29) is 10.8 Å². The van der Waals surface area contributed by atoms with E-state index in [1.165, 1.54) is 10.9 Å². The van der Waals surface area contributed by atoms with Crippen LogP contribution in [0.5, 0.6) is 0 Å². The summed E-state index contributed by atoms with van der Waals surface area (Å²) in [5.74, 6) is 0.444. The number of hydrogen-bond acceptors (Lipinski definition) is 5. The third-order valence-electron chi connectivity index (χ3n) is 3.55. The van der Waals surface area contributed by atoms with E-state index in [4.69, 9.17) is 0 Å². The van der Waals surface area contributed by atoms with E-state index < -0.39 is 10.0 Å². The van der Waals surface area contributed by atoms with E-state index in [0.29, 0.717) is 11.6 Å². The summed E-state index contributed by atoms with van der Waals surface area (Å²) in [5, 5.41) is 7.62. The van der Waals surface area contributed by atoms with Gasteiger partial charge < -0.3 is 0 Å². The predicted octanol–water partition coefficient (Wildman–Crippen LogP) is 2.59. The third kappa shape index (κ3) is 3.28. The molecule has 0 amide bonds. The fourth-order valence-electron chi connectivity index (χ4n) is 2.20. The fourth-order valence-corrected chi connectivity index (χ4v) is 3.19. The molecule has 0 atom stereocenters. The number of rotatable bonds is 5. The maximum absolute atomic E-state index is 12.6. The summed E-state index contributed by atoms with van der Waals surface area (Å²) >= 11 is 0. The van der Waals surface area contributed by atoms with Gasteiger partial charge in [0.1, 0.15) is 6.33 Å². The molecular weight excluding hydrogens is 326 g/mol. The molecule has 8 heteroatoms. The summed E-state index contributed by atoms with van der Waals surface area (Å²) in [6.45, 7) is 4.11. The second-order valence-corrected chi connectivity index (χ2v) is 7.25. The molecule has 24 heavy (non-hydrogen) atoms. The van der Waals surface area contributed by atoms with Crippen LogP contribution in [0.2, 0.25) is 0 Å². The molecule has 0 aliphatic heterocycles. The molecule has 3 aromatic rings. The molecule has 0 spiro atoms. The van der Waals surface area contributed by atoms with Gasteiger partial charge in [0, 0.05) is 6.20 Å². The minimum absolute atomic E-state index is 0.107. The molecule has 0 saturated heterocycles. The summed E-state index contributed by atoms with van der Waals surface area (Å²) < 4.78 is 29.1. The summed E-state index contributed by atoms with van der Waals surface area (Å²) in [6.07, 6.45) is 4.66. The van der Waals surface area contributed by atoms with Crippen LogP contribution in [-0.2, 0) is 10.0 Å². The molecule has 0 bridgehead atoms. The van der Waals surface area contributed by atoms with Crippen LogP contribution in [0.3, 0.4) is 0 Å². The number of pyridine rings is 1. The normalized spacial score (nSPS) is 11.6. The molecule has 1 aromatic carbocycles. The Bertz CT molecular complexity index is 919. The van der Waals surface area contributed by atoms with E-state index in [0.717, 1.165) is 5.56 Å². The molecule has 124 valence electrons. The van der Waals surface area contributed by atoms with Gasteiger partial charge in [0.05, 0.1) is 16.8 Å². The van der Waals surface area contributed by atoms with Crippen molar-refractivity contribution < 1.29 is 8.42 Å². The smallest absolute Gasteiger partial charge is 0.264 e. The molecule has 0 saturated carbocycles. The summed E-state index contributed by atoms with van der Waals surface area (Å²) in [4.78, 5) is 4.18. The molecule has 2 heterocycles. The summed E-state index contributed by atoms with van der Waals surface area (Å²) in [6, 6.07) is 10.3. The Balaban J connectivity index is 1.90. The highest BCUT2D eigenvalue weighted by Gasteiger charge is 2.18. The van der Waals surface area contributed by atoms with Crippen molar-refractivity contribution in [3.63, 3.8) is 0 Å². The van der Waals surface area contributed by atoms with E-state index in [1.54, 1.807) is 36.7 Å². The predicted molar refractivity (Wildman–Crippen MR) is 90.5 cm³/mol. The number of sulfonamides is 1. The van der Waals surface area contributed by atoms with Crippen molar-refractivity contribution in [2.75, 3.05) is 4.72 Å². The van der Waals surface area contributed by atoms with Crippen LogP contribution in [0.25, 0.3) is 5.69 Å². The van der Waals surface area contributed by atoms with Crippen LogP contribution < -0.4 is 4.72 Å². The lowest BCUT2D eigenvalue weighted by Gasteiger charge is -2.10. The zero-order chi connectivity index (χ0) is 17.2. The Kier molecular flexibility index (Phi) is 4.30. The average molecular weight is 343 g/mol. The van der Waals surface area contributed by atoms with Gasteiger partial charge in [0.25, 0.3) is 10.0 Å². The van der Waals surface area contributed by atoms with E-state index >= 15 is 0 Å². The van der Waals surface area contributed by atoms with Gasteiger partial charge in [-0.15, -0.1) is 10.2 Å². The zero-order valence-electron chi connectivity index (χ0n) is 13.3. The van der Waals surface area contributed by atoms with Crippen LogP contribution in [0.4, 0.5) is 5.95 Å². The molecule has 3 rings (SSSR count). The van der Waals surface area contributed by atoms with Gasteiger partial charge in [-0.25, -0.2) is 13.1 Å². The summed E-state index contributed by atoms with van der Waals surface area (Å²) in [5.41, 5.74) is 1.74. The molecule has 0 unspecified atom stereocenters. The highest BCUT2D eigenvalue weighted by Crippen LogP contribution is 2.20. The molecule has 0 radical (unpaired) electrons. The second-order valence-electron chi connectivity index (χ2n) is 5.57. The number of nitrogens with one attached hydrogen (secondary N) is 1. The number of anilines is 1. The Morgan fingerprint density at radius 2 is 1.88 bits per heavy atom. The van der Waals surface area contributed by atoms with Gasteiger partial charge in [0.2, 0.25) is 5.95 Å². The van der Waals surface area contributed by atoms with E-state index in [2.05, 4.69) is 33.8 Å². The number of hydrogen-bond donors (Lipinski definition) is 1. The Labute approximate surface area is 140 Å². The van der Waals surface area contributed by atoms with Crippen molar-refractivity contribution in [1.82, 2.24) is 19.7 Å². The van der Waals surface area contributed by atoms with Crippen molar-refractivity contribution in [3.05, 3.63) is 60.7 Å². The van der Waals surface area contributed by atoms with Gasteiger partial charge in [-0.1, -0.05) is 26.0 Å². The monoisotopic (exact) mass is 343 g/mol. The first kappa shape index (κ1) is 16.1. The van der Waals surface area contributed by atoms with Gasteiger partial charge >= 0.3 is 0 Å². The minimum Gasteiger partial charge on any atom is -0.266 e. The highest BCUT2D eigenvalue weighted by atomic mass is 32.2. The lowest BCUT2D eigenvalue weighted by molar-refractivity contribution is 0.600. The standard InChI is InChI=1S/C16H17N5O2S/c1-12(2)13-5-7-15(8-6-13)24(22,23)20-16-19-18-11-21(16)14-4-3-9-17-10-14/h3-12H,1-2H3,(H,19,20). The van der Waals surface area contributed by atoms with E-state index in [1.807, 2.05) is 12.1 Å². The van der Waals surface area contributed by atoms with Crippen molar-refractivity contribution in [3.8, 4) is 5.69 Å². The zero-order valence-corrected chi connectivity index (χ0v) is 14.1. The minimum atomic E-state index is -3.75. The Morgan fingerprint density at radius 3 is 2.50 bits per heavy atom.